The number of rotatable bonds is 7. The molecule has 5 N–H and O–H groups in total. The number of amidine groups is 1. The highest BCUT2D eigenvalue weighted by molar-refractivity contribution is 6.30. The highest BCUT2D eigenvalue weighted by Crippen LogP contribution is 2.41. The zero-order chi connectivity index (χ0) is 20.1. The summed E-state index contributed by atoms with van der Waals surface area (Å²) in [6, 6.07) is 7.82. The Labute approximate surface area is 170 Å². The molecule has 1 aromatic carbocycles. The third kappa shape index (κ3) is 4.37. The van der Waals surface area contributed by atoms with E-state index in [0.717, 1.165) is 50.2 Å². The Balaban J connectivity index is 1.72. The Morgan fingerprint density at radius 2 is 2.07 bits per heavy atom. The maximum absolute atomic E-state index is 11.7. The molecular weight excluding hydrogens is 378 g/mol. The highest BCUT2D eigenvalue weighted by atomic mass is 35.5. The second-order valence-corrected chi connectivity index (χ2v) is 8.15. The van der Waals surface area contributed by atoms with E-state index in [1.165, 1.54) is 11.8 Å². The molecule has 7 nitrogen and oxygen atoms in total. The maximum atomic E-state index is 11.7. The number of halogens is 1. The molecule has 0 spiro atoms. The summed E-state index contributed by atoms with van der Waals surface area (Å²) in [4.78, 5) is 15.5. The quantitative estimate of drug-likeness (QED) is 0.366. The molecule has 2 unspecified atom stereocenters. The van der Waals surface area contributed by atoms with Gasteiger partial charge in [-0.25, -0.2) is 4.99 Å². The van der Waals surface area contributed by atoms with E-state index in [2.05, 4.69) is 16.4 Å². The fourth-order valence-corrected chi connectivity index (χ4v) is 4.73. The monoisotopic (exact) mass is 405 g/mol. The first kappa shape index (κ1) is 20.8. The standard InChI is InChI=1S/C20H28ClN5O2/c21-16-6-3-5-14(12-16)4-1-2-7-17-19(22)25-13-18(26(27)28)20(17,23)15-8-10-24-11-9-15/h3,5-6,12-13,15,17,24H,1-2,4,7-11,23H2,(H2,22,25). The number of nitrogens with one attached hydrogen (secondary N) is 1. The summed E-state index contributed by atoms with van der Waals surface area (Å²) in [5.41, 5.74) is 13.1. The maximum Gasteiger partial charge on any atom is 0.285 e. The van der Waals surface area contributed by atoms with Gasteiger partial charge >= 0.3 is 0 Å². The predicted octanol–water partition coefficient (Wildman–Crippen LogP) is 2.86. The number of hydrogen-bond donors (Lipinski definition) is 3. The summed E-state index contributed by atoms with van der Waals surface area (Å²) in [7, 11) is 0. The molecule has 1 fully saturated rings. The largest absolute Gasteiger partial charge is 0.387 e. The van der Waals surface area contributed by atoms with Gasteiger partial charge in [0.2, 0.25) is 0 Å². The van der Waals surface area contributed by atoms with Crippen LogP contribution in [0, 0.1) is 22.0 Å². The van der Waals surface area contributed by atoms with Crippen LogP contribution >= 0.6 is 11.6 Å². The molecule has 8 heteroatoms. The fraction of sp³-hybridized carbons (Fsp3) is 0.550. The zero-order valence-electron chi connectivity index (χ0n) is 15.9. The first-order chi connectivity index (χ1) is 13.4. The minimum atomic E-state index is -1.08. The number of nitro groups is 1. The number of nitrogens with zero attached hydrogens (tertiary/aromatic N) is 2. The molecule has 0 bridgehead atoms. The minimum absolute atomic E-state index is 0.00607. The van der Waals surface area contributed by atoms with E-state index < -0.39 is 5.54 Å². The van der Waals surface area contributed by atoms with Crippen LogP contribution in [0.2, 0.25) is 5.02 Å². The lowest BCUT2D eigenvalue weighted by atomic mass is 9.66. The van der Waals surface area contributed by atoms with Crippen molar-refractivity contribution in [3.05, 3.63) is 56.9 Å². The second kappa shape index (κ2) is 9.03. The van der Waals surface area contributed by atoms with Crippen LogP contribution in [0.4, 0.5) is 0 Å². The highest BCUT2D eigenvalue weighted by Gasteiger charge is 2.54. The molecular formula is C20H28ClN5O2. The van der Waals surface area contributed by atoms with Crippen LogP contribution in [0.1, 0.15) is 37.7 Å². The van der Waals surface area contributed by atoms with Crippen molar-refractivity contribution in [1.29, 1.82) is 0 Å². The molecule has 2 aliphatic heterocycles. The van der Waals surface area contributed by atoms with Crippen LogP contribution in [-0.2, 0) is 6.42 Å². The van der Waals surface area contributed by atoms with Gasteiger partial charge in [0.1, 0.15) is 17.6 Å². The zero-order valence-corrected chi connectivity index (χ0v) is 16.7. The van der Waals surface area contributed by atoms with Gasteiger partial charge < -0.3 is 16.8 Å². The van der Waals surface area contributed by atoms with E-state index in [4.69, 9.17) is 23.1 Å². The number of benzene rings is 1. The molecule has 0 radical (unpaired) electrons. The third-order valence-corrected chi connectivity index (χ3v) is 6.26. The Morgan fingerprint density at radius 1 is 1.32 bits per heavy atom. The van der Waals surface area contributed by atoms with Crippen LogP contribution < -0.4 is 16.8 Å². The lowest BCUT2D eigenvalue weighted by molar-refractivity contribution is -0.438. The van der Waals surface area contributed by atoms with Gasteiger partial charge in [-0.05, 0) is 68.8 Å². The van der Waals surface area contributed by atoms with E-state index in [0.29, 0.717) is 12.3 Å². The first-order valence-electron chi connectivity index (χ1n) is 9.85. The van der Waals surface area contributed by atoms with Gasteiger partial charge in [-0.3, -0.25) is 10.1 Å². The summed E-state index contributed by atoms with van der Waals surface area (Å²) in [5, 5.41) is 15.8. The van der Waals surface area contributed by atoms with Gasteiger partial charge in [-0.1, -0.05) is 30.2 Å². The van der Waals surface area contributed by atoms with Crippen molar-refractivity contribution in [2.24, 2.45) is 28.3 Å². The summed E-state index contributed by atoms with van der Waals surface area (Å²) >= 11 is 6.04. The summed E-state index contributed by atoms with van der Waals surface area (Å²) < 4.78 is 0. The number of aryl methyl sites for hydroxylation is 1. The van der Waals surface area contributed by atoms with Crippen molar-refractivity contribution in [3.8, 4) is 0 Å². The van der Waals surface area contributed by atoms with Gasteiger partial charge in [0.05, 0.1) is 4.92 Å². The Morgan fingerprint density at radius 3 is 2.75 bits per heavy atom. The second-order valence-electron chi connectivity index (χ2n) is 7.71. The van der Waals surface area contributed by atoms with Gasteiger partial charge in [0, 0.05) is 10.9 Å². The molecule has 0 saturated carbocycles. The molecule has 2 heterocycles. The Hall–Kier alpha value is -1.96. The number of unbranched alkanes of at least 4 members (excludes halogenated alkanes) is 1. The molecule has 0 aliphatic carbocycles. The van der Waals surface area contributed by atoms with Gasteiger partial charge in [0.15, 0.2) is 0 Å². The molecule has 2 aliphatic rings. The number of piperidine rings is 1. The van der Waals surface area contributed by atoms with Crippen molar-refractivity contribution in [1.82, 2.24) is 5.32 Å². The van der Waals surface area contributed by atoms with Gasteiger partial charge in [-0.2, -0.15) is 0 Å². The fourth-order valence-electron chi connectivity index (χ4n) is 4.52. The summed E-state index contributed by atoms with van der Waals surface area (Å²) in [5.74, 6) is 0.104. The van der Waals surface area contributed by atoms with Crippen LogP contribution in [0.3, 0.4) is 0 Å². The van der Waals surface area contributed by atoms with Crippen molar-refractivity contribution in [3.63, 3.8) is 0 Å². The number of nitrogens with two attached hydrogens (primary N) is 2. The van der Waals surface area contributed by atoms with Crippen LogP contribution in [-0.4, -0.2) is 29.4 Å². The van der Waals surface area contributed by atoms with E-state index >= 15 is 0 Å². The van der Waals surface area contributed by atoms with E-state index in [1.807, 2.05) is 18.2 Å². The van der Waals surface area contributed by atoms with Gasteiger partial charge in [0.25, 0.3) is 5.70 Å². The molecule has 152 valence electrons. The smallest absolute Gasteiger partial charge is 0.285 e. The SMILES string of the molecule is NC1=NC=C([N+](=O)[O-])C(N)(C2CCNCC2)C1CCCCc1cccc(Cl)c1. The Bertz CT molecular complexity index is 776. The molecule has 1 aromatic rings. The number of aliphatic imine (C=N–C) groups is 1. The normalized spacial score (nSPS) is 25.9. The minimum Gasteiger partial charge on any atom is -0.387 e. The lowest BCUT2D eigenvalue weighted by Crippen LogP contribution is -2.62. The predicted molar refractivity (Wildman–Crippen MR) is 112 cm³/mol. The van der Waals surface area contributed by atoms with Crippen molar-refractivity contribution >= 4 is 17.4 Å². The van der Waals surface area contributed by atoms with Crippen LogP contribution in [0.25, 0.3) is 0 Å². The molecule has 0 amide bonds. The molecule has 0 aromatic heterocycles. The van der Waals surface area contributed by atoms with Crippen molar-refractivity contribution in [2.75, 3.05) is 13.1 Å². The molecule has 28 heavy (non-hydrogen) atoms. The van der Waals surface area contributed by atoms with Gasteiger partial charge in [-0.15, -0.1) is 0 Å². The molecule has 3 rings (SSSR count). The van der Waals surface area contributed by atoms with Crippen LogP contribution in [0.5, 0.6) is 0 Å². The van der Waals surface area contributed by atoms with E-state index in [9.17, 15) is 10.1 Å². The number of hydrogen-bond acceptors (Lipinski definition) is 6. The summed E-state index contributed by atoms with van der Waals surface area (Å²) in [6.07, 6.45) is 6.24. The molecule has 2 atom stereocenters. The topological polar surface area (TPSA) is 120 Å². The van der Waals surface area contributed by atoms with Crippen LogP contribution in [0.15, 0.2) is 41.2 Å². The summed E-state index contributed by atoms with van der Waals surface area (Å²) in [6.45, 7) is 1.63. The average molecular weight is 406 g/mol. The van der Waals surface area contributed by atoms with Crippen molar-refractivity contribution < 1.29 is 4.92 Å². The van der Waals surface area contributed by atoms with E-state index in [1.54, 1.807) is 0 Å². The van der Waals surface area contributed by atoms with E-state index in [-0.39, 0.29) is 22.5 Å². The first-order valence-corrected chi connectivity index (χ1v) is 10.2. The Kier molecular flexibility index (Phi) is 6.69. The average Bonchev–Trinajstić information content (AvgIpc) is 2.67. The lowest BCUT2D eigenvalue weighted by Gasteiger charge is -2.43. The molecule has 1 saturated heterocycles. The third-order valence-electron chi connectivity index (χ3n) is 6.02. The van der Waals surface area contributed by atoms with Crippen molar-refractivity contribution in [2.45, 2.75) is 44.1 Å².